The van der Waals surface area contributed by atoms with E-state index < -0.39 is 10.8 Å². The van der Waals surface area contributed by atoms with Crippen molar-refractivity contribution in [3.05, 3.63) is 65.3 Å². The monoisotopic (exact) mass is 357 g/mol. The van der Waals surface area contributed by atoms with E-state index in [9.17, 15) is 9.00 Å². The number of carbonyl (C=O) groups is 1. The largest absolute Gasteiger partial charge is 0.298 e. The van der Waals surface area contributed by atoms with Crippen LogP contribution in [0.3, 0.4) is 0 Å². The number of aromatic nitrogens is 2. The first-order valence-electron chi connectivity index (χ1n) is 7.18. The minimum atomic E-state index is -0.942. The van der Waals surface area contributed by atoms with Gasteiger partial charge in [0.05, 0.1) is 5.69 Å². The molecule has 1 N–H and O–H groups in total. The lowest BCUT2D eigenvalue weighted by atomic mass is 10.1. The van der Waals surface area contributed by atoms with Crippen LogP contribution in [0.25, 0.3) is 11.3 Å². The Morgan fingerprint density at radius 1 is 1.29 bits per heavy atom. The van der Waals surface area contributed by atoms with E-state index in [1.165, 1.54) is 11.3 Å². The lowest BCUT2D eigenvalue weighted by Crippen LogP contribution is -2.12. The molecular weight excluding hydrogens is 342 g/mol. The molecule has 0 fully saturated rings. The molecule has 1 amide bonds. The number of nitrogens with one attached hydrogen (secondary N) is 1. The van der Waals surface area contributed by atoms with Crippen LogP contribution in [0.4, 0.5) is 5.13 Å². The Morgan fingerprint density at radius 3 is 2.92 bits per heavy atom. The number of pyridine rings is 1. The fourth-order valence-corrected chi connectivity index (χ4v) is 3.55. The lowest BCUT2D eigenvalue weighted by molar-refractivity contribution is 0.102. The van der Waals surface area contributed by atoms with Crippen molar-refractivity contribution in [2.24, 2.45) is 0 Å². The third-order valence-corrected chi connectivity index (χ3v) is 4.74. The minimum Gasteiger partial charge on any atom is -0.298 e. The van der Waals surface area contributed by atoms with Crippen LogP contribution in [0.2, 0.25) is 0 Å². The fourth-order valence-electron chi connectivity index (χ4n) is 2.18. The van der Waals surface area contributed by atoms with E-state index in [1.807, 2.05) is 23.6 Å². The highest BCUT2D eigenvalue weighted by molar-refractivity contribution is 7.83. The average molecular weight is 357 g/mol. The van der Waals surface area contributed by atoms with Crippen molar-refractivity contribution in [1.29, 1.82) is 0 Å². The summed E-state index contributed by atoms with van der Waals surface area (Å²) in [6.45, 7) is 0. The number of hydrogen-bond donors (Lipinski definition) is 1. The summed E-state index contributed by atoms with van der Waals surface area (Å²) in [6, 6.07) is 10.9. The van der Waals surface area contributed by atoms with Gasteiger partial charge < -0.3 is 0 Å². The molecule has 3 rings (SSSR count). The van der Waals surface area contributed by atoms with Crippen LogP contribution in [0.15, 0.2) is 54.2 Å². The molecule has 0 spiro atoms. The van der Waals surface area contributed by atoms with Crippen molar-refractivity contribution < 1.29 is 9.00 Å². The topological polar surface area (TPSA) is 72.0 Å². The summed E-state index contributed by atoms with van der Waals surface area (Å²) in [5.41, 5.74) is 3.08. The summed E-state index contributed by atoms with van der Waals surface area (Å²) in [6.07, 6.45) is 5.08. The zero-order chi connectivity index (χ0) is 16.9. The molecule has 2 heterocycles. The Balaban J connectivity index is 1.73. The van der Waals surface area contributed by atoms with Crippen molar-refractivity contribution in [3.8, 4) is 11.3 Å². The fraction of sp³-hybridized carbons (Fsp3) is 0.118. The zero-order valence-corrected chi connectivity index (χ0v) is 14.6. The van der Waals surface area contributed by atoms with Crippen LogP contribution >= 0.6 is 11.3 Å². The van der Waals surface area contributed by atoms with Crippen LogP contribution < -0.4 is 5.32 Å². The van der Waals surface area contributed by atoms with Gasteiger partial charge in [-0.05, 0) is 29.8 Å². The third-order valence-electron chi connectivity index (χ3n) is 3.24. The number of thiazole rings is 1. The third kappa shape index (κ3) is 4.12. The van der Waals surface area contributed by atoms with Crippen LogP contribution in [0, 0.1) is 0 Å². The van der Waals surface area contributed by atoms with Gasteiger partial charge in [-0.2, -0.15) is 0 Å². The van der Waals surface area contributed by atoms with E-state index in [0.29, 0.717) is 16.4 Å². The van der Waals surface area contributed by atoms with Crippen molar-refractivity contribution in [1.82, 2.24) is 9.97 Å². The predicted molar refractivity (Wildman–Crippen MR) is 97.5 cm³/mol. The van der Waals surface area contributed by atoms with E-state index in [2.05, 4.69) is 15.3 Å². The Bertz CT molecular complexity index is 878. The Hall–Kier alpha value is -2.38. The molecule has 0 saturated carbocycles. The van der Waals surface area contributed by atoms with Crippen LogP contribution in [-0.4, -0.2) is 26.3 Å². The molecule has 1 atom stereocenters. The van der Waals surface area contributed by atoms with Gasteiger partial charge in [0.25, 0.3) is 5.91 Å². The highest BCUT2D eigenvalue weighted by Gasteiger charge is 2.11. The van der Waals surface area contributed by atoms with Crippen molar-refractivity contribution in [2.45, 2.75) is 5.75 Å². The molecule has 7 heteroatoms. The number of rotatable bonds is 5. The van der Waals surface area contributed by atoms with Gasteiger partial charge in [-0.1, -0.05) is 12.1 Å². The summed E-state index contributed by atoms with van der Waals surface area (Å²) in [7, 11) is -0.942. The van der Waals surface area contributed by atoms with Crippen molar-refractivity contribution in [3.63, 3.8) is 0 Å². The molecule has 1 unspecified atom stereocenters. The van der Waals surface area contributed by atoms with Crippen molar-refractivity contribution in [2.75, 3.05) is 11.6 Å². The molecule has 0 aliphatic carbocycles. The molecule has 0 radical (unpaired) electrons. The van der Waals surface area contributed by atoms with E-state index >= 15 is 0 Å². The van der Waals surface area contributed by atoms with E-state index in [1.54, 1.807) is 36.8 Å². The Labute approximate surface area is 146 Å². The van der Waals surface area contributed by atoms with Gasteiger partial charge >= 0.3 is 0 Å². The van der Waals surface area contributed by atoms with Gasteiger partial charge in [-0.3, -0.25) is 19.3 Å². The molecule has 3 aromatic rings. The number of amides is 1. The maximum atomic E-state index is 12.4. The normalized spacial score (nSPS) is 11.9. The maximum Gasteiger partial charge on any atom is 0.257 e. The van der Waals surface area contributed by atoms with Crippen LogP contribution in [0.1, 0.15) is 15.9 Å². The number of benzene rings is 1. The smallest absolute Gasteiger partial charge is 0.257 e. The van der Waals surface area contributed by atoms with Crippen LogP contribution in [0.5, 0.6) is 0 Å². The number of anilines is 1. The molecule has 24 heavy (non-hydrogen) atoms. The molecule has 2 aromatic heterocycles. The Kier molecular flexibility index (Phi) is 5.12. The molecule has 0 aliphatic rings. The molecule has 0 aliphatic heterocycles. The highest BCUT2D eigenvalue weighted by atomic mass is 32.2. The minimum absolute atomic E-state index is 0.231. The molecular formula is C17H15N3O2S2. The lowest BCUT2D eigenvalue weighted by Gasteiger charge is -2.04. The first-order chi connectivity index (χ1) is 11.6. The number of hydrogen-bond acceptors (Lipinski definition) is 5. The summed E-state index contributed by atoms with van der Waals surface area (Å²) in [5.74, 6) is 0.203. The van der Waals surface area contributed by atoms with Gasteiger partial charge in [0, 0.05) is 51.7 Å². The second kappa shape index (κ2) is 7.46. The molecule has 0 bridgehead atoms. The number of carbonyl (C=O) groups excluding carboxylic acids is 1. The summed E-state index contributed by atoms with van der Waals surface area (Å²) >= 11 is 1.36. The molecule has 0 saturated heterocycles. The number of nitrogens with zero attached hydrogens (tertiary/aromatic N) is 2. The first-order valence-corrected chi connectivity index (χ1v) is 9.79. The van der Waals surface area contributed by atoms with Gasteiger partial charge in [0.15, 0.2) is 5.13 Å². The standard InChI is InChI=1S/C17H15N3O2S2/c1-24(22)11-12-4-2-5-13(8-12)16(21)20-17-19-15(10-23-17)14-6-3-7-18-9-14/h2-10H,11H2,1H3,(H,19,20,21). The van der Waals surface area contributed by atoms with Gasteiger partial charge in [-0.15, -0.1) is 11.3 Å². The average Bonchev–Trinajstić information content (AvgIpc) is 3.04. The molecule has 5 nitrogen and oxygen atoms in total. The first kappa shape index (κ1) is 16.5. The molecule has 122 valence electrons. The van der Waals surface area contributed by atoms with Gasteiger partial charge in [0.2, 0.25) is 0 Å². The van der Waals surface area contributed by atoms with E-state index in [-0.39, 0.29) is 5.91 Å². The molecule has 1 aromatic carbocycles. The zero-order valence-electron chi connectivity index (χ0n) is 12.9. The van der Waals surface area contributed by atoms with E-state index in [4.69, 9.17) is 0 Å². The van der Waals surface area contributed by atoms with E-state index in [0.717, 1.165) is 16.8 Å². The summed E-state index contributed by atoms with van der Waals surface area (Å²) in [4.78, 5) is 20.8. The van der Waals surface area contributed by atoms with Crippen molar-refractivity contribution >= 4 is 33.2 Å². The van der Waals surface area contributed by atoms with Gasteiger partial charge in [0.1, 0.15) is 0 Å². The quantitative estimate of drug-likeness (QED) is 0.760. The highest BCUT2D eigenvalue weighted by Crippen LogP contribution is 2.24. The summed E-state index contributed by atoms with van der Waals surface area (Å²) < 4.78 is 11.3. The Morgan fingerprint density at radius 2 is 2.17 bits per heavy atom. The second-order valence-electron chi connectivity index (χ2n) is 5.15. The maximum absolute atomic E-state index is 12.4. The van der Waals surface area contributed by atoms with Crippen LogP contribution in [-0.2, 0) is 16.6 Å². The predicted octanol–water partition coefficient (Wildman–Crippen LogP) is 3.34. The second-order valence-corrected chi connectivity index (χ2v) is 7.44. The van der Waals surface area contributed by atoms with Gasteiger partial charge in [-0.25, -0.2) is 4.98 Å². The summed E-state index contributed by atoms with van der Waals surface area (Å²) in [5, 5.41) is 5.21. The SMILES string of the molecule is CS(=O)Cc1cccc(C(=O)Nc2nc(-c3cccnc3)cs2)c1.